The van der Waals surface area contributed by atoms with Gasteiger partial charge in [-0.25, -0.2) is 14.5 Å². The monoisotopic (exact) mass is 301 g/mol. The van der Waals surface area contributed by atoms with Crippen LogP contribution in [0.25, 0.3) is 16.2 Å². The van der Waals surface area contributed by atoms with E-state index in [4.69, 9.17) is 0 Å². The maximum Gasteiger partial charge on any atom is 0.154 e. The summed E-state index contributed by atoms with van der Waals surface area (Å²) in [6.45, 7) is 7.18. The van der Waals surface area contributed by atoms with Gasteiger partial charge in [-0.3, -0.25) is 0 Å². The highest BCUT2D eigenvalue weighted by Crippen LogP contribution is 2.29. The van der Waals surface area contributed by atoms with E-state index >= 15 is 0 Å². The van der Waals surface area contributed by atoms with Gasteiger partial charge in [0.1, 0.15) is 11.5 Å². The summed E-state index contributed by atoms with van der Waals surface area (Å²) in [6.07, 6.45) is 4.19. The van der Waals surface area contributed by atoms with Crippen molar-refractivity contribution in [3.63, 3.8) is 0 Å². The summed E-state index contributed by atoms with van der Waals surface area (Å²) in [5, 5.41) is 9.07. The zero-order chi connectivity index (χ0) is 14.8. The van der Waals surface area contributed by atoms with Gasteiger partial charge in [0.15, 0.2) is 5.65 Å². The summed E-state index contributed by atoms with van der Waals surface area (Å²) in [6, 6.07) is 3.97. The quantitative estimate of drug-likeness (QED) is 0.730. The first-order chi connectivity index (χ1) is 10.2. The van der Waals surface area contributed by atoms with Crippen LogP contribution in [0.2, 0.25) is 0 Å². The molecule has 0 fully saturated rings. The molecule has 3 heterocycles. The summed E-state index contributed by atoms with van der Waals surface area (Å²) in [7, 11) is 0. The Labute approximate surface area is 128 Å². The number of unbranched alkanes of at least 4 members (excludes halogenated alkanes) is 1. The molecule has 0 saturated carbocycles. The Kier molecular flexibility index (Phi) is 3.88. The van der Waals surface area contributed by atoms with Gasteiger partial charge in [0.25, 0.3) is 0 Å². The molecule has 21 heavy (non-hydrogen) atoms. The third-order valence-electron chi connectivity index (χ3n) is 3.33. The summed E-state index contributed by atoms with van der Waals surface area (Å²) >= 11 is 1.68. The van der Waals surface area contributed by atoms with Crippen molar-refractivity contribution >= 4 is 22.8 Å². The third-order valence-corrected chi connectivity index (χ3v) is 4.43. The first-order valence-corrected chi connectivity index (χ1v) is 8.03. The number of fused-ring (bicyclic) bond motifs is 1. The lowest BCUT2D eigenvalue weighted by Gasteiger charge is -2.06. The number of rotatable bonds is 5. The molecule has 0 spiro atoms. The molecule has 3 aromatic heterocycles. The molecule has 0 radical (unpaired) electrons. The summed E-state index contributed by atoms with van der Waals surface area (Å²) in [4.78, 5) is 10.1. The minimum Gasteiger partial charge on any atom is -0.369 e. The largest absolute Gasteiger partial charge is 0.369 e. The maximum atomic E-state index is 4.66. The number of nitrogens with zero attached hydrogens (tertiary/aromatic N) is 4. The number of hydrogen-bond acceptors (Lipinski definition) is 5. The highest BCUT2D eigenvalue weighted by molar-refractivity contribution is 7.15. The highest BCUT2D eigenvalue weighted by atomic mass is 32.1. The lowest BCUT2D eigenvalue weighted by molar-refractivity contribution is 0.823. The minimum atomic E-state index is 0.858. The fourth-order valence-electron chi connectivity index (χ4n) is 2.28. The lowest BCUT2D eigenvalue weighted by atomic mass is 10.3. The molecule has 0 saturated heterocycles. The Bertz CT molecular complexity index is 759. The van der Waals surface area contributed by atoms with Gasteiger partial charge in [-0.15, -0.1) is 16.4 Å². The van der Waals surface area contributed by atoms with Crippen molar-refractivity contribution in [1.29, 1.82) is 0 Å². The summed E-state index contributed by atoms with van der Waals surface area (Å²) in [5.74, 6) is 0.883. The normalized spacial score (nSPS) is 11.2. The van der Waals surface area contributed by atoms with E-state index in [-0.39, 0.29) is 0 Å². The van der Waals surface area contributed by atoms with Crippen molar-refractivity contribution in [2.24, 2.45) is 0 Å². The zero-order valence-electron chi connectivity index (χ0n) is 12.6. The van der Waals surface area contributed by atoms with Gasteiger partial charge in [0, 0.05) is 6.54 Å². The molecule has 0 aliphatic heterocycles. The fourth-order valence-corrected chi connectivity index (χ4v) is 3.20. The molecule has 0 aliphatic carbocycles. The number of anilines is 1. The van der Waals surface area contributed by atoms with E-state index in [2.05, 4.69) is 27.3 Å². The first kappa shape index (κ1) is 14.0. The number of thiazole rings is 1. The molecule has 5 nitrogen and oxygen atoms in total. The molecule has 0 aromatic carbocycles. The average molecular weight is 301 g/mol. The topological polar surface area (TPSA) is 55.1 Å². The Balaban J connectivity index is 1.99. The van der Waals surface area contributed by atoms with E-state index < -0.39 is 0 Å². The molecule has 0 bridgehead atoms. The van der Waals surface area contributed by atoms with Crippen LogP contribution in [0.1, 0.15) is 30.5 Å². The van der Waals surface area contributed by atoms with Crippen LogP contribution < -0.4 is 5.32 Å². The van der Waals surface area contributed by atoms with Gasteiger partial charge in [0.05, 0.1) is 21.8 Å². The van der Waals surface area contributed by atoms with Crippen molar-refractivity contribution in [3.8, 4) is 10.6 Å². The molecule has 0 atom stereocenters. The van der Waals surface area contributed by atoms with Crippen LogP contribution >= 0.6 is 11.3 Å². The number of aryl methyl sites for hydroxylation is 2. The second-order valence-corrected chi connectivity index (χ2v) is 6.26. The van der Waals surface area contributed by atoms with Crippen molar-refractivity contribution in [3.05, 3.63) is 29.0 Å². The smallest absolute Gasteiger partial charge is 0.154 e. The number of imidazole rings is 1. The van der Waals surface area contributed by atoms with Crippen LogP contribution in [0, 0.1) is 13.8 Å². The minimum absolute atomic E-state index is 0.858. The maximum absolute atomic E-state index is 4.66. The fraction of sp³-hybridized carbons (Fsp3) is 0.400. The van der Waals surface area contributed by atoms with E-state index in [0.29, 0.717) is 0 Å². The number of hydrogen-bond donors (Lipinski definition) is 1. The van der Waals surface area contributed by atoms with Crippen molar-refractivity contribution < 1.29 is 0 Å². The lowest BCUT2D eigenvalue weighted by Crippen LogP contribution is -2.05. The molecule has 0 aliphatic rings. The van der Waals surface area contributed by atoms with Crippen LogP contribution in [0.3, 0.4) is 0 Å². The average Bonchev–Trinajstić information content (AvgIpc) is 3.01. The molecule has 0 unspecified atom stereocenters. The molecule has 6 heteroatoms. The van der Waals surface area contributed by atoms with E-state index in [1.54, 1.807) is 11.3 Å². The van der Waals surface area contributed by atoms with Crippen LogP contribution in [0.15, 0.2) is 18.3 Å². The van der Waals surface area contributed by atoms with Gasteiger partial charge in [-0.2, -0.15) is 0 Å². The number of aromatic nitrogens is 4. The van der Waals surface area contributed by atoms with Gasteiger partial charge in [-0.05, 0) is 32.4 Å². The first-order valence-electron chi connectivity index (χ1n) is 7.22. The van der Waals surface area contributed by atoms with E-state index in [1.165, 1.54) is 6.42 Å². The van der Waals surface area contributed by atoms with Crippen LogP contribution in [-0.4, -0.2) is 26.1 Å². The highest BCUT2D eigenvalue weighted by Gasteiger charge is 2.13. The van der Waals surface area contributed by atoms with Gasteiger partial charge < -0.3 is 5.32 Å². The van der Waals surface area contributed by atoms with Crippen LogP contribution in [0.5, 0.6) is 0 Å². The Morgan fingerprint density at radius 2 is 2.14 bits per heavy atom. The number of nitrogens with one attached hydrogen (secondary N) is 1. The standard InChI is InChI=1S/C15H19N5S/c1-4-5-8-16-13-6-7-14-17-9-12(20(14)19-13)15-10(2)18-11(3)21-15/h6-7,9H,4-5,8H2,1-3H3,(H,16,19). The van der Waals surface area contributed by atoms with E-state index in [9.17, 15) is 0 Å². The molecule has 110 valence electrons. The summed E-state index contributed by atoms with van der Waals surface area (Å²) in [5.41, 5.74) is 2.90. The third kappa shape index (κ3) is 2.76. The van der Waals surface area contributed by atoms with Gasteiger partial charge in [0.2, 0.25) is 0 Å². The van der Waals surface area contributed by atoms with Crippen molar-refractivity contribution in [2.75, 3.05) is 11.9 Å². The van der Waals surface area contributed by atoms with Crippen molar-refractivity contribution in [1.82, 2.24) is 19.6 Å². The Morgan fingerprint density at radius 3 is 2.86 bits per heavy atom. The Morgan fingerprint density at radius 1 is 1.29 bits per heavy atom. The SMILES string of the molecule is CCCCNc1ccc2ncc(-c3sc(C)nc3C)n2n1. The molecule has 3 rings (SSSR count). The summed E-state index contributed by atoms with van der Waals surface area (Å²) < 4.78 is 1.90. The predicted octanol–water partition coefficient (Wildman–Crippen LogP) is 3.68. The van der Waals surface area contributed by atoms with Crippen LogP contribution in [-0.2, 0) is 0 Å². The van der Waals surface area contributed by atoms with E-state index in [0.717, 1.165) is 45.7 Å². The van der Waals surface area contributed by atoms with Gasteiger partial charge >= 0.3 is 0 Å². The van der Waals surface area contributed by atoms with E-state index in [1.807, 2.05) is 36.7 Å². The molecule has 1 N–H and O–H groups in total. The molecule has 0 amide bonds. The predicted molar refractivity (Wildman–Crippen MR) is 87.0 cm³/mol. The zero-order valence-corrected chi connectivity index (χ0v) is 13.4. The van der Waals surface area contributed by atoms with Crippen LogP contribution in [0.4, 0.5) is 5.82 Å². The Hall–Kier alpha value is -1.95. The molecular weight excluding hydrogens is 282 g/mol. The van der Waals surface area contributed by atoms with Crippen molar-refractivity contribution in [2.45, 2.75) is 33.6 Å². The second-order valence-electron chi connectivity index (χ2n) is 5.06. The van der Waals surface area contributed by atoms with Gasteiger partial charge in [-0.1, -0.05) is 13.3 Å². The second kappa shape index (κ2) is 5.81. The molecule has 3 aromatic rings. The molecular formula is C15H19N5S.